The van der Waals surface area contributed by atoms with Crippen LogP contribution in [0.1, 0.15) is 15.9 Å². The Balaban J connectivity index is 1.44. The maximum absolute atomic E-state index is 12.4. The molecule has 0 atom stereocenters. The molecule has 0 saturated carbocycles. The predicted molar refractivity (Wildman–Crippen MR) is 137 cm³/mol. The van der Waals surface area contributed by atoms with Crippen molar-refractivity contribution in [1.29, 1.82) is 0 Å². The van der Waals surface area contributed by atoms with Gasteiger partial charge in [0.25, 0.3) is 5.91 Å². The number of nitrogens with zero attached hydrogens (tertiary/aromatic N) is 4. The van der Waals surface area contributed by atoms with E-state index in [2.05, 4.69) is 31.9 Å². The van der Waals surface area contributed by atoms with Crippen molar-refractivity contribution in [2.24, 2.45) is 5.10 Å². The lowest BCUT2D eigenvalue weighted by Crippen LogP contribution is -2.43. The molecule has 0 fully saturated rings. The third-order valence-electron chi connectivity index (χ3n) is 5.36. The number of pyridine rings is 1. The molecule has 0 spiro atoms. The van der Waals surface area contributed by atoms with Gasteiger partial charge in [-0.05, 0) is 54.1 Å². The number of methoxy groups -OCH3 is 1. The standard InChI is InChI=1S/C24H20Cl2N8O2/c1-36-19-6-7-20(27-12-19)22-11-21(16-8-17(25)10-18(26)9-16)31-34(22)13-14-2-4-15(5-3-14)23(35)28-24-29-32-33-30-24/h2-12,32-33H,13H2,1H3,(H2,28,29,30,35). The number of halogens is 2. The lowest BCUT2D eigenvalue weighted by atomic mass is 10.1. The number of carbonyl (C=O) groups is 1. The molecule has 2 aromatic carbocycles. The van der Waals surface area contributed by atoms with Gasteiger partial charge in [-0.15, -0.1) is 10.6 Å². The molecule has 10 nitrogen and oxygen atoms in total. The highest BCUT2D eigenvalue weighted by Gasteiger charge is 2.16. The van der Waals surface area contributed by atoms with Gasteiger partial charge in [0.15, 0.2) is 0 Å². The number of carbonyl (C=O) groups excluding carboxylic acids is 1. The molecule has 0 radical (unpaired) electrons. The molecular formula is C24H20Cl2N8O2. The Labute approximate surface area is 216 Å². The summed E-state index contributed by atoms with van der Waals surface area (Å²) in [5.74, 6) is 0.650. The predicted octanol–water partition coefficient (Wildman–Crippen LogP) is 3.59. The van der Waals surface area contributed by atoms with Crippen LogP contribution in [-0.4, -0.2) is 33.7 Å². The molecule has 0 saturated heterocycles. The van der Waals surface area contributed by atoms with Crippen LogP contribution in [0, 0.1) is 0 Å². The van der Waals surface area contributed by atoms with Crippen LogP contribution in [0.15, 0.2) is 72.0 Å². The van der Waals surface area contributed by atoms with Gasteiger partial charge in [0, 0.05) is 21.2 Å². The van der Waals surface area contributed by atoms with Gasteiger partial charge in [-0.25, -0.2) is 5.53 Å². The zero-order valence-electron chi connectivity index (χ0n) is 18.9. The summed E-state index contributed by atoms with van der Waals surface area (Å²) < 4.78 is 7.09. The van der Waals surface area contributed by atoms with E-state index in [1.165, 1.54) is 0 Å². The first-order valence-corrected chi connectivity index (χ1v) is 11.5. The second-order valence-corrected chi connectivity index (χ2v) is 8.66. The zero-order valence-corrected chi connectivity index (χ0v) is 20.4. The molecule has 1 amide bonds. The molecule has 4 aromatic rings. The van der Waals surface area contributed by atoms with E-state index in [9.17, 15) is 4.79 Å². The topological polar surface area (TPSA) is 117 Å². The molecule has 4 N–H and O–H groups in total. The van der Waals surface area contributed by atoms with E-state index >= 15 is 0 Å². The van der Waals surface area contributed by atoms with E-state index in [-0.39, 0.29) is 11.9 Å². The van der Waals surface area contributed by atoms with Crippen LogP contribution in [0.5, 0.6) is 5.75 Å². The quantitative estimate of drug-likeness (QED) is 0.305. The summed E-state index contributed by atoms with van der Waals surface area (Å²) in [5, 5.41) is 12.3. The van der Waals surface area contributed by atoms with Crippen molar-refractivity contribution in [3.63, 3.8) is 0 Å². The minimum atomic E-state index is -0.291. The van der Waals surface area contributed by atoms with Gasteiger partial charge >= 0.3 is 0 Å². The van der Waals surface area contributed by atoms with Crippen molar-refractivity contribution in [2.75, 3.05) is 7.11 Å². The van der Waals surface area contributed by atoms with Gasteiger partial charge in [-0.3, -0.25) is 25.2 Å². The number of rotatable bonds is 6. The summed E-state index contributed by atoms with van der Waals surface area (Å²) in [7, 11) is 1.59. The summed E-state index contributed by atoms with van der Waals surface area (Å²) in [6, 6.07) is 18.2. The largest absolute Gasteiger partial charge is 0.495 e. The zero-order chi connectivity index (χ0) is 25.1. The highest BCUT2D eigenvalue weighted by atomic mass is 35.5. The third-order valence-corrected chi connectivity index (χ3v) is 5.79. The summed E-state index contributed by atoms with van der Waals surface area (Å²) in [6.45, 7) is 0.446. The Morgan fingerprint density at radius 3 is 2.44 bits per heavy atom. The number of hydrogen-bond donors (Lipinski definition) is 4. The number of hydrogen-bond acceptors (Lipinski definition) is 8. The van der Waals surface area contributed by atoms with E-state index in [1.54, 1.807) is 31.5 Å². The molecule has 0 aliphatic carbocycles. The molecule has 182 valence electrons. The first-order valence-electron chi connectivity index (χ1n) is 10.8. The molecule has 3 heterocycles. The van der Waals surface area contributed by atoms with Gasteiger partial charge in [-0.1, -0.05) is 35.3 Å². The van der Waals surface area contributed by atoms with E-state index in [0.29, 0.717) is 33.6 Å². The van der Waals surface area contributed by atoms with Crippen molar-refractivity contribution < 1.29 is 9.53 Å². The Morgan fingerprint density at radius 1 is 1.03 bits per heavy atom. The highest BCUT2D eigenvalue weighted by molar-refractivity contribution is 6.35. The number of guanidine groups is 1. The van der Waals surface area contributed by atoms with Gasteiger partial charge < -0.3 is 4.74 Å². The van der Waals surface area contributed by atoms with Crippen molar-refractivity contribution in [1.82, 2.24) is 36.6 Å². The number of ether oxygens (including phenoxy) is 1. The number of hydrazone groups is 1. The monoisotopic (exact) mass is 522 g/mol. The SMILES string of the molecule is COc1ccc(-c2cc(-c3cc(Cl)cc(Cl)c3)nn2Cc2ccc(C(=O)NC3=NNNN3)cc2)nc1. The number of nitrogens with one attached hydrogen (secondary N) is 4. The second-order valence-electron chi connectivity index (χ2n) is 7.79. The fraction of sp³-hybridized carbons (Fsp3) is 0.0833. The molecule has 2 aromatic heterocycles. The molecular weight excluding hydrogens is 503 g/mol. The van der Waals surface area contributed by atoms with Gasteiger partial charge in [0.1, 0.15) is 5.75 Å². The van der Waals surface area contributed by atoms with Crippen LogP contribution < -0.4 is 26.5 Å². The molecule has 1 aliphatic rings. The smallest absolute Gasteiger partial charge is 0.258 e. The van der Waals surface area contributed by atoms with Crippen LogP contribution in [0.2, 0.25) is 10.0 Å². The summed E-state index contributed by atoms with van der Waals surface area (Å²) in [6.07, 6.45) is 1.66. The fourth-order valence-corrected chi connectivity index (χ4v) is 4.14. The molecule has 36 heavy (non-hydrogen) atoms. The Hall–Kier alpha value is -4.12. The molecule has 0 unspecified atom stereocenters. The lowest BCUT2D eigenvalue weighted by Gasteiger charge is -2.09. The van der Waals surface area contributed by atoms with E-state index in [1.807, 2.05) is 47.1 Å². The maximum atomic E-state index is 12.4. The van der Waals surface area contributed by atoms with Crippen molar-refractivity contribution in [3.05, 3.63) is 88.0 Å². The molecule has 0 bridgehead atoms. The van der Waals surface area contributed by atoms with Gasteiger partial charge in [-0.2, -0.15) is 5.10 Å². The minimum absolute atomic E-state index is 0.283. The normalized spacial score (nSPS) is 12.5. The van der Waals surface area contributed by atoms with Crippen LogP contribution in [0.4, 0.5) is 0 Å². The molecule has 12 heteroatoms. The van der Waals surface area contributed by atoms with E-state index in [4.69, 9.17) is 33.0 Å². The summed E-state index contributed by atoms with van der Waals surface area (Å²) in [4.78, 5) is 17.0. The minimum Gasteiger partial charge on any atom is -0.495 e. The summed E-state index contributed by atoms with van der Waals surface area (Å²) >= 11 is 12.4. The molecule has 5 rings (SSSR count). The van der Waals surface area contributed by atoms with Crippen LogP contribution in [0.25, 0.3) is 22.6 Å². The number of hydrazine groups is 2. The van der Waals surface area contributed by atoms with Crippen LogP contribution in [0.3, 0.4) is 0 Å². The maximum Gasteiger partial charge on any atom is 0.258 e. The fourth-order valence-electron chi connectivity index (χ4n) is 3.61. The van der Waals surface area contributed by atoms with E-state index in [0.717, 1.165) is 22.5 Å². The first-order chi connectivity index (χ1) is 17.5. The Kier molecular flexibility index (Phi) is 6.72. The van der Waals surface area contributed by atoms with Crippen molar-refractivity contribution in [2.45, 2.75) is 6.54 Å². The van der Waals surface area contributed by atoms with Crippen molar-refractivity contribution >= 4 is 35.1 Å². The Morgan fingerprint density at radius 2 is 1.81 bits per heavy atom. The first kappa shape index (κ1) is 23.6. The van der Waals surface area contributed by atoms with Crippen LogP contribution in [-0.2, 0) is 6.54 Å². The lowest BCUT2D eigenvalue weighted by molar-refractivity contribution is 0.0976. The second kappa shape index (κ2) is 10.2. The summed E-state index contributed by atoms with van der Waals surface area (Å²) in [5.41, 5.74) is 12.2. The van der Waals surface area contributed by atoms with E-state index < -0.39 is 0 Å². The van der Waals surface area contributed by atoms with Gasteiger partial charge in [0.2, 0.25) is 5.96 Å². The number of benzene rings is 2. The average Bonchev–Trinajstić information content (AvgIpc) is 3.54. The molecule has 1 aliphatic heterocycles. The average molecular weight is 523 g/mol. The Bertz CT molecular complexity index is 1420. The van der Waals surface area contributed by atoms with Gasteiger partial charge in [0.05, 0.1) is 36.9 Å². The third kappa shape index (κ3) is 5.25. The van der Waals surface area contributed by atoms with Crippen molar-refractivity contribution in [3.8, 4) is 28.4 Å². The highest BCUT2D eigenvalue weighted by Crippen LogP contribution is 2.30. The van der Waals surface area contributed by atoms with Crippen LogP contribution >= 0.6 is 23.2 Å². The number of aromatic nitrogens is 3. The number of amides is 1.